The number of hydrogen-bond acceptors (Lipinski definition) is 3. The zero-order valence-corrected chi connectivity index (χ0v) is 16.2. The quantitative estimate of drug-likeness (QED) is 0.822. The molecule has 2 aromatic rings. The number of benzene rings is 1. The van der Waals surface area contributed by atoms with E-state index in [-0.39, 0.29) is 11.8 Å². The van der Waals surface area contributed by atoms with E-state index < -0.39 is 0 Å². The number of nitrogens with zero attached hydrogens (tertiary/aromatic N) is 2. The highest BCUT2D eigenvalue weighted by atomic mass is 16.2. The maximum Gasteiger partial charge on any atom is 0.246 e. The number of aryl methyl sites for hydroxylation is 1. The highest BCUT2D eigenvalue weighted by molar-refractivity contribution is 5.94. The molecule has 0 radical (unpaired) electrons. The summed E-state index contributed by atoms with van der Waals surface area (Å²) >= 11 is 0. The maximum absolute atomic E-state index is 12.7. The lowest BCUT2D eigenvalue weighted by Gasteiger charge is -2.16. The van der Waals surface area contributed by atoms with E-state index in [0.717, 1.165) is 30.6 Å². The van der Waals surface area contributed by atoms with E-state index >= 15 is 0 Å². The first-order valence-corrected chi connectivity index (χ1v) is 10.2. The highest BCUT2D eigenvalue weighted by Gasteiger charge is 2.37. The molecule has 146 valence electrons. The van der Waals surface area contributed by atoms with Gasteiger partial charge in [-0.3, -0.25) is 9.59 Å². The predicted molar refractivity (Wildman–Crippen MR) is 113 cm³/mol. The van der Waals surface area contributed by atoms with Gasteiger partial charge in [0.1, 0.15) is 5.82 Å². The van der Waals surface area contributed by atoms with Gasteiger partial charge in [-0.25, -0.2) is 4.98 Å². The molecule has 0 spiro atoms. The lowest BCUT2D eigenvalue weighted by atomic mass is 9.98. The van der Waals surface area contributed by atoms with Crippen molar-refractivity contribution < 1.29 is 9.59 Å². The standard InChI is InChI=1S/C24H23N3O2/c28-22-8-7-18-10-16(13-25-24(18)26-22)6-9-23(29)27-14-20-11-19(12-21(20)15-27)17-4-2-1-3-5-17/h1-6,9-11,13,20-21H,7-8,12,14-15H2,(H,25,26,28)/b9-6+/t20-,21?/m1/s1. The molecule has 2 aliphatic heterocycles. The Kier molecular flexibility index (Phi) is 4.51. The normalized spacial score (nSPS) is 23.0. The summed E-state index contributed by atoms with van der Waals surface area (Å²) in [5, 5.41) is 2.78. The van der Waals surface area contributed by atoms with Crippen LogP contribution in [0.15, 0.2) is 54.7 Å². The molecule has 3 aliphatic rings. The number of fused-ring (bicyclic) bond motifs is 2. The number of anilines is 1. The zero-order chi connectivity index (χ0) is 19.8. The summed E-state index contributed by atoms with van der Waals surface area (Å²) in [7, 11) is 0. The molecular formula is C24H23N3O2. The molecular weight excluding hydrogens is 362 g/mol. The molecule has 2 amide bonds. The first kappa shape index (κ1) is 17.9. The Morgan fingerprint density at radius 1 is 1.17 bits per heavy atom. The first-order chi connectivity index (χ1) is 14.2. The maximum atomic E-state index is 12.7. The van der Waals surface area contributed by atoms with Crippen molar-refractivity contribution in [2.75, 3.05) is 18.4 Å². The summed E-state index contributed by atoms with van der Waals surface area (Å²) in [6.07, 6.45) is 9.74. The lowest BCUT2D eigenvalue weighted by Crippen LogP contribution is -2.27. The highest BCUT2D eigenvalue weighted by Crippen LogP contribution is 2.40. The summed E-state index contributed by atoms with van der Waals surface area (Å²) in [5.74, 6) is 1.68. The fraction of sp³-hybridized carbons (Fsp3) is 0.292. The number of allylic oxidation sites excluding steroid dienone is 1. The number of nitrogens with one attached hydrogen (secondary N) is 1. The topological polar surface area (TPSA) is 62.3 Å². The van der Waals surface area contributed by atoms with Crippen molar-refractivity contribution in [1.82, 2.24) is 9.88 Å². The fourth-order valence-electron chi connectivity index (χ4n) is 4.60. The second-order valence-electron chi connectivity index (χ2n) is 8.09. The van der Waals surface area contributed by atoms with Gasteiger partial charge in [-0.05, 0) is 59.1 Å². The van der Waals surface area contributed by atoms with Crippen LogP contribution in [0.2, 0.25) is 0 Å². The number of carbonyl (C=O) groups is 2. The largest absolute Gasteiger partial charge is 0.338 e. The molecule has 5 rings (SSSR count). The molecule has 5 heteroatoms. The van der Waals surface area contributed by atoms with Gasteiger partial charge in [0.15, 0.2) is 0 Å². The van der Waals surface area contributed by atoms with Crippen LogP contribution in [0.4, 0.5) is 5.82 Å². The van der Waals surface area contributed by atoms with E-state index in [1.54, 1.807) is 12.3 Å². The van der Waals surface area contributed by atoms with Crippen LogP contribution < -0.4 is 5.32 Å². The third-order valence-electron chi connectivity index (χ3n) is 6.13. The van der Waals surface area contributed by atoms with Crippen LogP contribution >= 0.6 is 0 Å². The number of hydrogen-bond donors (Lipinski definition) is 1. The Morgan fingerprint density at radius 3 is 2.86 bits per heavy atom. The van der Waals surface area contributed by atoms with E-state index in [2.05, 4.69) is 40.6 Å². The molecule has 1 unspecified atom stereocenters. The van der Waals surface area contributed by atoms with E-state index in [0.29, 0.717) is 30.5 Å². The average Bonchev–Trinajstić information content (AvgIpc) is 3.32. The van der Waals surface area contributed by atoms with Gasteiger partial charge in [-0.1, -0.05) is 36.4 Å². The Bertz CT molecular complexity index is 1030. The van der Waals surface area contributed by atoms with Gasteiger partial charge in [0.25, 0.3) is 0 Å². The van der Waals surface area contributed by atoms with Gasteiger partial charge in [0.05, 0.1) is 0 Å². The van der Waals surface area contributed by atoms with Crippen molar-refractivity contribution in [2.45, 2.75) is 19.3 Å². The summed E-state index contributed by atoms with van der Waals surface area (Å²) in [6, 6.07) is 12.5. The SMILES string of the molecule is O=C1CCc2cc(/C=C/C(=O)N3CC4CC(c5ccccc5)=C[C@@H]4C3)cnc2N1. The minimum absolute atomic E-state index is 0.00697. The lowest BCUT2D eigenvalue weighted by molar-refractivity contribution is -0.125. The van der Waals surface area contributed by atoms with Crippen LogP contribution in [-0.4, -0.2) is 34.8 Å². The molecule has 3 heterocycles. The molecule has 1 aliphatic carbocycles. The number of rotatable bonds is 3. The summed E-state index contributed by atoms with van der Waals surface area (Å²) in [6.45, 7) is 1.60. The number of carbonyl (C=O) groups excluding carboxylic acids is 2. The first-order valence-electron chi connectivity index (χ1n) is 10.2. The van der Waals surface area contributed by atoms with Crippen molar-refractivity contribution in [3.8, 4) is 0 Å². The Labute approximate surface area is 170 Å². The van der Waals surface area contributed by atoms with Crippen molar-refractivity contribution in [2.24, 2.45) is 11.8 Å². The molecule has 1 N–H and O–H groups in total. The smallest absolute Gasteiger partial charge is 0.246 e. The van der Waals surface area contributed by atoms with Crippen LogP contribution in [0.3, 0.4) is 0 Å². The van der Waals surface area contributed by atoms with Crippen LogP contribution in [0.1, 0.15) is 29.5 Å². The molecule has 0 bridgehead atoms. The fourth-order valence-corrected chi connectivity index (χ4v) is 4.60. The molecule has 1 fully saturated rings. The van der Waals surface area contributed by atoms with Crippen LogP contribution in [-0.2, 0) is 16.0 Å². The summed E-state index contributed by atoms with van der Waals surface area (Å²) < 4.78 is 0. The Morgan fingerprint density at radius 2 is 2.03 bits per heavy atom. The average molecular weight is 385 g/mol. The van der Waals surface area contributed by atoms with Gasteiger partial charge in [0.2, 0.25) is 11.8 Å². The Hall–Kier alpha value is -3.21. The number of aromatic nitrogens is 1. The Balaban J connectivity index is 1.23. The molecule has 29 heavy (non-hydrogen) atoms. The van der Waals surface area contributed by atoms with Gasteiger partial charge in [0, 0.05) is 31.8 Å². The molecule has 1 saturated heterocycles. The minimum Gasteiger partial charge on any atom is -0.338 e. The molecule has 0 saturated carbocycles. The van der Waals surface area contributed by atoms with Crippen LogP contribution in [0.5, 0.6) is 0 Å². The van der Waals surface area contributed by atoms with Gasteiger partial charge < -0.3 is 10.2 Å². The number of amides is 2. The monoisotopic (exact) mass is 385 g/mol. The molecule has 2 atom stereocenters. The third kappa shape index (κ3) is 3.60. The number of pyridine rings is 1. The van der Waals surface area contributed by atoms with Crippen molar-refractivity contribution >= 4 is 29.3 Å². The van der Waals surface area contributed by atoms with Gasteiger partial charge in [-0.2, -0.15) is 0 Å². The zero-order valence-electron chi connectivity index (χ0n) is 16.2. The van der Waals surface area contributed by atoms with Crippen LogP contribution in [0.25, 0.3) is 11.6 Å². The molecule has 5 nitrogen and oxygen atoms in total. The van der Waals surface area contributed by atoms with Crippen molar-refractivity contribution in [1.29, 1.82) is 0 Å². The van der Waals surface area contributed by atoms with Gasteiger partial charge in [-0.15, -0.1) is 0 Å². The second kappa shape index (κ2) is 7.32. The van der Waals surface area contributed by atoms with E-state index in [1.807, 2.05) is 23.1 Å². The van der Waals surface area contributed by atoms with E-state index in [4.69, 9.17) is 0 Å². The summed E-state index contributed by atoms with van der Waals surface area (Å²) in [5.41, 5.74) is 4.62. The van der Waals surface area contributed by atoms with E-state index in [9.17, 15) is 9.59 Å². The summed E-state index contributed by atoms with van der Waals surface area (Å²) in [4.78, 5) is 30.4. The second-order valence-corrected chi connectivity index (χ2v) is 8.09. The van der Waals surface area contributed by atoms with Gasteiger partial charge >= 0.3 is 0 Å². The molecule has 1 aromatic heterocycles. The van der Waals surface area contributed by atoms with E-state index in [1.165, 1.54) is 11.1 Å². The number of likely N-dealkylation sites (tertiary alicyclic amines) is 1. The predicted octanol–water partition coefficient (Wildman–Crippen LogP) is 3.54. The minimum atomic E-state index is 0.00697. The molecule has 1 aromatic carbocycles. The van der Waals surface area contributed by atoms with Crippen molar-refractivity contribution in [3.05, 3.63) is 71.4 Å². The third-order valence-corrected chi connectivity index (χ3v) is 6.13. The van der Waals surface area contributed by atoms with Crippen molar-refractivity contribution in [3.63, 3.8) is 0 Å². The van der Waals surface area contributed by atoms with Crippen LogP contribution in [0, 0.1) is 11.8 Å².